The van der Waals surface area contributed by atoms with Crippen molar-refractivity contribution in [2.24, 2.45) is 0 Å². The molecule has 0 spiro atoms. The summed E-state index contributed by atoms with van der Waals surface area (Å²) in [5.74, 6) is 0. The first-order valence-electron chi connectivity index (χ1n) is 18.5. The van der Waals surface area contributed by atoms with E-state index < -0.39 is 0 Å². The second kappa shape index (κ2) is 14.1. The van der Waals surface area contributed by atoms with Crippen LogP contribution in [0.1, 0.15) is 0 Å². The maximum Gasteiger partial charge on any atom is 0.0716 e. The van der Waals surface area contributed by atoms with Gasteiger partial charge in [-0.2, -0.15) is 0 Å². The fourth-order valence-electron chi connectivity index (χ4n) is 7.61. The highest BCUT2D eigenvalue weighted by Crippen LogP contribution is 2.45. The van der Waals surface area contributed by atoms with E-state index in [1.54, 1.807) is 0 Å². The molecule has 0 radical (unpaired) electrons. The van der Waals surface area contributed by atoms with Crippen molar-refractivity contribution in [3.05, 3.63) is 207 Å². The highest BCUT2D eigenvalue weighted by Gasteiger charge is 2.17. The third-order valence-electron chi connectivity index (χ3n) is 10.4. The number of nitrogens with zero attached hydrogens (tertiary/aromatic N) is 2. The summed E-state index contributed by atoms with van der Waals surface area (Å²) in [5, 5.41) is 2.56. The lowest BCUT2D eigenvalue weighted by atomic mass is 9.93. The lowest BCUT2D eigenvalue weighted by molar-refractivity contribution is 1.32. The van der Waals surface area contributed by atoms with Crippen molar-refractivity contribution in [1.29, 1.82) is 0 Å². The maximum atomic E-state index is 5.36. The van der Waals surface area contributed by atoms with E-state index in [2.05, 4.69) is 193 Å². The van der Waals surface area contributed by atoms with Crippen LogP contribution in [0.15, 0.2) is 207 Å². The molecule has 0 bridgehead atoms. The van der Waals surface area contributed by atoms with Gasteiger partial charge in [-0.15, -0.1) is 11.3 Å². The second-order valence-corrected chi connectivity index (χ2v) is 14.8. The lowest BCUT2D eigenvalue weighted by Crippen LogP contribution is -1.93. The number of fused-ring (bicyclic) bond motifs is 3. The zero-order valence-electron chi connectivity index (χ0n) is 29.9. The second-order valence-electron chi connectivity index (χ2n) is 13.8. The molecular weight excluding hydrogens is 685 g/mol. The van der Waals surface area contributed by atoms with Gasteiger partial charge in [0.05, 0.1) is 11.4 Å². The van der Waals surface area contributed by atoms with Crippen molar-refractivity contribution in [3.8, 4) is 78.1 Å². The van der Waals surface area contributed by atoms with Gasteiger partial charge >= 0.3 is 0 Å². The topological polar surface area (TPSA) is 25.8 Å². The average molecular weight is 719 g/mol. The molecule has 3 heteroatoms. The first-order valence-corrected chi connectivity index (χ1v) is 19.4. The van der Waals surface area contributed by atoms with Crippen molar-refractivity contribution in [3.63, 3.8) is 0 Å². The SMILES string of the molecule is c1ccc(-c2ccc(-c3cc(-c4ccccc4)nc(-c4cc(-c5cccnc5)cc(-c5cccc6c5sc5c(-c7ccccc7)cccc56)c4)c3)cc2)cc1. The van der Waals surface area contributed by atoms with Crippen molar-refractivity contribution < 1.29 is 0 Å². The van der Waals surface area contributed by atoms with Crippen molar-refractivity contribution in [2.45, 2.75) is 0 Å². The molecule has 0 aliphatic rings. The summed E-state index contributed by atoms with van der Waals surface area (Å²) in [5.41, 5.74) is 15.7. The summed E-state index contributed by atoms with van der Waals surface area (Å²) in [6.07, 6.45) is 3.78. The number of pyridine rings is 2. The standard InChI is InChI=1S/C52H34N2S/c1-4-13-35(14-5-1)36-24-26-37(27-25-36)42-32-49(39-17-8-3-9-18-39)54-50(33-42)44-30-41(40-19-12-28-53-34-40)29-43(31-44)46-21-11-23-48-47-22-10-20-45(51(47)55-52(46)48)38-15-6-2-7-16-38/h1-34H. The van der Waals surface area contributed by atoms with Gasteiger partial charge in [-0.1, -0.05) is 158 Å². The average Bonchev–Trinajstić information content (AvgIpc) is 3.67. The summed E-state index contributed by atoms with van der Waals surface area (Å²) in [6, 6.07) is 69.5. The van der Waals surface area contributed by atoms with Crippen LogP contribution in [-0.4, -0.2) is 9.97 Å². The summed E-state index contributed by atoms with van der Waals surface area (Å²) >= 11 is 1.88. The summed E-state index contributed by atoms with van der Waals surface area (Å²) in [7, 11) is 0. The van der Waals surface area contributed by atoms with Crippen molar-refractivity contribution in [1.82, 2.24) is 9.97 Å². The Hall–Kier alpha value is -6.94. The third kappa shape index (κ3) is 6.31. The Morgan fingerprint density at radius 2 is 0.782 bits per heavy atom. The fraction of sp³-hybridized carbons (Fsp3) is 0. The van der Waals surface area contributed by atoms with Crippen LogP contribution in [0, 0.1) is 0 Å². The van der Waals surface area contributed by atoms with E-state index in [1.165, 1.54) is 48.0 Å². The minimum absolute atomic E-state index is 0.922. The van der Waals surface area contributed by atoms with Crippen LogP contribution in [-0.2, 0) is 0 Å². The van der Waals surface area contributed by atoms with Crippen LogP contribution in [0.2, 0.25) is 0 Å². The molecule has 258 valence electrons. The first-order chi connectivity index (χ1) is 27.2. The van der Waals surface area contributed by atoms with Gasteiger partial charge in [0.1, 0.15) is 0 Å². The van der Waals surface area contributed by atoms with Crippen LogP contribution < -0.4 is 0 Å². The Kier molecular flexibility index (Phi) is 8.40. The van der Waals surface area contributed by atoms with Crippen molar-refractivity contribution in [2.75, 3.05) is 0 Å². The molecule has 0 unspecified atom stereocenters. The Balaban J connectivity index is 1.17. The molecule has 3 aromatic heterocycles. The highest BCUT2D eigenvalue weighted by molar-refractivity contribution is 7.26. The monoisotopic (exact) mass is 718 g/mol. The summed E-state index contributed by atoms with van der Waals surface area (Å²) in [4.78, 5) is 9.87. The summed E-state index contributed by atoms with van der Waals surface area (Å²) < 4.78 is 2.58. The Bertz CT molecular complexity index is 2940. The van der Waals surface area contributed by atoms with Crippen LogP contribution in [0.5, 0.6) is 0 Å². The normalized spacial score (nSPS) is 11.3. The van der Waals surface area contributed by atoms with Gasteiger partial charge in [-0.05, 0) is 86.5 Å². The number of benzene rings is 7. The number of hydrogen-bond acceptors (Lipinski definition) is 3. The predicted molar refractivity (Wildman–Crippen MR) is 233 cm³/mol. The fourth-order valence-corrected chi connectivity index (χ4v) is 8.98. The van der Waals surface area contributed by atoms with E-state index in [9.17, 15) is 0 Å². The molecule has 0 fully saturated rings. The highest BCUT2D eigenvalue weighted by atomic mass is 32.1. The molecule has 0 saturated carbocycles. The molecule has 10 aromatic rings. The van der Waals surface area contributed by atoms with Gasteiger partial charge in [-0.3, -0.25) is 4.98 Å². The lowest BCUT2D eigenvalue weighted by Gasteiger charge is -2.14. The van der Waals surface area contributed by atoms with Crippen LogP contribution in [0.25, 0.3) is 98.3 Å². The quantitative estimate of drug-likeness (QED) is 0.164. The molecule has 3 heterocycles. The van der Waals surface area contributed by atoms with E-state index in [0.29, 0.717) is 0 Å². The molecule has 2 nitrogen and oxygen atoms in total. The molecular formula is C52H34N2S. The van der Waals surface area contributed by atoms with Gasteiger partial charge in [0, 0.05) is 49.3 Å². The molecule has 10 rings (SSSR count). The number of aromatic nitrogens is 2. The first kappa shape index (κ1) is 32.7. The molecule has 0 saturated heterocycles. The molecule has 7 aromatic carbocycles. The van der Waals surface area contributed by atoms with E-state index in [4.69, 9.17) is 4.98 Å². The van der Waals surface area contributed by atoms with Crippen LogP contribution >= 0.6 is 11.3 Å². The van der Waals surface area contributed by atoms with Crippen LogP contribution in [0.4, 0.5) is 0 Å². The Labute approximate surface area is 324 Å². The van der Waals surface area contributed by atoms with Crippen LogP contribution in [0.3, 0.4) is 0 Å². The zero-order valence-corrected chi connectivity index (χ0v) is 30.7. The molecule has 0 N–H and O–H groups in total. The van der Waals surface area contributed by atoms with E-state index in [1.807, 2.05) is 29.8 Å². The molecule has 0 aliphatic carbocycles. The number of hydrogen-bond donors (Lipinski definition) is 0. The minimum atomic E-state index is 0.922. The largest absolute Gasteiger partial charge is 0.264 e. The van der Waals surface area contributed by atoms with Gasteiger partial charge in [0.15, 0.2) is 0 Å². The minimum Gasteiger partial charge on any atom is -0.264 e. The van der Waals surface area contributed by atoms with Gasteiger partial charge < -0.3 is 0 Å². The molecule has 0 aliphatic heterocycles. The van der Waals surface area contributed by atoms with Gasteiger partial charge in [0.25, 0.3) is 0 Å². The van der Waals surface area contributed by atoms with E-state index in [0.717, 1.165) is 50.3 Å². The molecule has 0 amide bonds. The predicted octanol–water partition coefficient (Wildman–Crippen LogP) is 14.5. The molecule has 0 atom stereocenters. The molecule has 55 heavy (non-hydrogen) atoms. The maximum absolute atomic E-state index is 5.36. The zero-order chi connectivity index (χ0) is 36.6. The smallest absolute Gasteiger partial charge is 0.0716 e. The van der Waals surface area contributed by atoms with Crippen molar-refractivity contribution >= 4 is 31.5 Å². The summed E-state index contributed by atoms with van der Waals surface area (Å²) in [6.45, 7) is 0. The van der Waals surface area contributed by atoms with Gasteiger partial charge in [-0.25, -0.2) is 4.98 Å². The third-order valence-corrected chi connectivity index (χ3v) is 11.7. The Morgan fingerprint density at radius 3 is 1.40 bits per heavy atom. The van der Waals surface area contributed by atoms with E-state index >= 15 is 0 Å². The van der Waals surface area contributed by atoms with Gasteiger partial charge in [0.2, 0.25) is 0 Å². The Morgan fingerprint density at radius 1 is 0.309 bits per heavy atom. The number of thiophene rings is 1. The number of rotatable bonds is 7. The van der Waals surface area contributed by atoms with E-state index in [-0.39, 0.29) is 0 Å².